The van der Waals surface area contributed by atoms with Crippen LogP contribution < -0.4 is 0 Å². The van der Waals surface area contributed by atoms with Crippen LogP contribution in [0.25, 0.3) is 0 Å². The number of H-pyrrole nitrogens is 1. The first-order chi connectivity index (χ1) is 9.79. The highest BCUT2D eigenvalue weighted by atomic mass is 32.1. The van der Waals surface area contributed by atoms with Gasteiger partial charge in [-0.25, -0.2) is 4.98 Å². The van der Waals surface area contributed by atoms with Crippen LogP contribution in [-0.2, 0) is 17.9 Å². The van der Waals surface area contributed by atoms with E-state index in [2.05, 4.69) is 33.2 Å². The van der Waals surface area contributed by atoms with Crippen molar-refractivity contribution in [2.75, 3.05) is 13.1 Å². The van der Waals surface area contributed by atoms with Crippen LogP contribution in [0.3, 0.4) is 0 Å². The van der Waals surface area contributed by atoms with Crippen LogP contribution in [0.5, 0.6) is 0 Å². The summed E-state index contributed by atoms with van der Waals surface area (Å²) in [6.07, 6.45) is 6.16. The number of aromatic nitrogens is 2. The van der Waals surface area contributed by atoms with Crippen molar-refractivity contribution in [3.63, 3.8) is 0 Å². The van der Waals surface area contributed by atoms with Crippen LogP contribution in [0.2, 0.25) is 0 Å². The maximum Gasteiger partial charge on any atom is 0.0922 e. The second-order valence-electron chi connectivity index (χ2n) is 5.45. The molecule has 3 heterocycles. The van der Waals surface area contributed by atoms with Gasteiger partial charge in [0.05, 0.1) is 30.9 Å². The van der Waals surface area contributed by atoms with E-state index in [0.29, 0.717) is 12.7 Å². The van der Waals surface area contributed by atoms with E-state index < -0.39 is 0 Å². The fourth-order valence-corrected chi connectivity index (χ4v) is 3.52. The number of aryl methyl sites for hydroxylation is 1. The molecule has 2 aromatic heterocycles. The van der Waals surface area contributed by atoms with E-state index in [9.17, 15) is 0 Å². The zero-order valence-corrected chi connectivity index (χ0v) is 12.7. The first-order valence-corrected chi connectivity index (χ1v) is 8.03. The molecule has 1 aliphatic rings. The number of likely N-dealkylation sites (tertiary alicyclic amines) is 1. The maximum atomic E-state index is 5.93. The molecule has 5 heteroatoms. The van der Waals surface area contributed by atoms with Crippen LogP contribution in [0, 0.1) is 6.92 Å². The van der Waals surface area contributed by atoms with E-state index in [4.69, 9.17) is 4.74 Å². The Bertz CT molecular complexity index is 515. The zero-order chi connectivity index (χ0) is 13.8. The minimum atomic E-state index is 0.389. The van der Waals surface area contributed by atoms with Gasteiger partial charge in [0.2, 0.25) is 0 Å². The fourth-order valence-electron chi connectivity index (χ4n) is 2.60. The summed E-state index contributed by atoms with van der Waals surface area (Å²) in [5, 5.41) is 2.23. The van der Waals surface area contributed by atoms with E-state index in [1.165, 1.54) is 10.4 Å². The third-order valence-electron chi connectivity index (χ3n) is 3.73. The Morgan fingerprint density at radius 2 is 2.30 bits per heavy atom. The van der Waals surface area contributed by atoms with Gasteiger partial charge in [-0.2, -0.15) is 0 Å². The van der Waals surface area contributed by atoms with Crippen LogP contribution >= 0.6 is 11.3 Å². The highest BCUT2D eigenvalue weighted by molar-refractivity contribution is 7.10. The molecule has 1 fully saturated rings. The summed E-state index contributed by atoms with van der Waals surface area (Å²) in [6.45, 7) is 6.16. The number of nitrogens with zero attached hydrogens (tertiary/aromatic N) is 2. The molecule has 4 nitrogen and oxygen atoms in total. The number of thiophene rings is 1. The van der Waals surface area contributed by atoms with Crippen LogP contribution in [0.15, 0.2) is 24.0 Å². The molecule has 0 aromatic carbocycles. The molecule has 0 amide bonds. The number of hydrogen-bond acceptors (Lipinski definition) is 4. The maximum absolute atomic E-state index is 5.93. The van der Waals surface area contributed by atoms with E-state index >= 15 is 0 Å². The molecular weight excluding hydrogens is 270 g/mol. The number of imidazole rings is 1. The second kappa shape index (κ2) is 6.52. The molecule has 1 saturated heterocycles. The minimum absolute atomic E-state index is 0.389. The number of rotatable bonds is 5. The Morgan fingerprint density at radius 3 is 2.95 bits per heavy atom. The SMILES string of the molecule is Cc1csc(CN2CCC(OCc3cnc[nH]3)CC2)c1. The smallest absolute Gasteiger partial charge is 0.0922 e. The molecule has 3 rings (SSSR count). The Labute approximate surface area is 123 Å². The van der Waals surface area contributed by atoms with Crippen molar-refractivity contribution in [3.05, 3.63) is 40.1 Å². The molecule has 108 valence electrons. The highest BCUT2D eigenvalue weighted by Gasteiger charge is 2.20. The second-order valence-corrected chi connectivity index (χ2v) is 6.45. The first kappa shape index (κ1) is 13.8. The normalized spacial score (nSPS) is 17.6. The molecular formula is C15H21N3OS. The van der Waals surface area contributed by atoms with Crippen molar-refractivity contribution < 1.29 is 4.74 Å². The van der Waals surface area contributed by atoms with Crippen LogP contribution in [0.4, 0.5) is 0 Å². The Kier molecular flexibility index (Phi) is 4.50. The predicted octanol–water partition coefficient (Wildman–Crippen LogP) is 2.96. The summed E-state index contributed by atoms with van der Waals surface area (Å²) in [4.78, 5) is 11.1. The van der Waals surface area contributed by atoms with Crippen molar-refractivity contribution in [3.8, 4) is 0 Å². The minimum Gasteiger partial charge on any atom is -0.372 e. The lowest BCUT2D eigenvalue weighted by Crippen LogP contribution is -2.36. The third kappa shape index (κ3) is 3.69. The topological polar surface area (TPSA) is 41.1 Å². The van der Waals surface area contributed by atoms with Gasteiger partial charge < -0.3 is 9.72 Å². The van der Waals surface area contributed by atoms with Crippen LogP contribution in [-0.4, -0.2) is 34.1 Å². The predicted molar refractivity (Wildman–Crippen MR) is 80.7 cm³/mol. The monoisotopic (exact) mass is 291 g/mol. The number of nitrogens with one attached hydrogen (secondary N) is 1. The number of hydrogen-bond donors (Lipinski definition) is 1. The van der Waals surface area contributed by atoms with Crippen LogP contribution in [0.1, 0.15) is 29.0 Å². The van der Waals surface area contributed by atoms with Gasteiger partial charge in [-0.3, -0.25) is 4.90 Å². The quantitative estimate of drug-likeness (QED) is 0.921. The van der Waals surface area contributed by atoms with Gasteiger partial charge >= 0.3 is 0 Å². The van der Waals surface area contributed by atoms with E-state index in [1.54, 1.807) is 6.33 Å². The summed E-state index contributed by atoms with van der Waals surface area (Å²) < 4.78 is 5.93. The lowest BCUT2D eigenvalue weighted by Gasteiger charge is -2.31. The molecule has 0 radical (unpaired) electrons. The summed E-state index contributed by atoms with van der Waals surface area (Å²) in [5.74, 6) is 0. The van der Waals surface area contributed by atoms with Crippen molar-refractivity contribution >= 4 is 11.3 Å². The van der Waals surface area contributed by atoms with Gasteiger partial charge in [0, 0.05) is 24.5 Å². The van der Waals surface area contributed by atoms with Gasteiger partial charge in [-0.1, -0.05) is 0 Å². The summed E-state index contributed by atoms with van der Waals surface area (Å²) in [6, 6.07) is 2.30. The third-order valence-corrected chi connectivity index (χ3v) is 4.77. The van der Waals surface area contributed by atoms with Gasteiger partial charge in [0.1, 0.15) is 0 Å². The van der Waals surface area contributed by atoms with E-state index in [0.717, 1.165) is 38.2 Å². The summed E-state index contributed by atoms with van der Waals surface area (Å²) >= 11 is 1.87. The summed E-state index contributed by atoms with van der Waals surface area (Å²) in [7, 11) is 0. The van der Waals surface area contributed by atoms with Crippen molar-refractivity contribution in [2.45, 2.75) is 39.0 Å². The first-order valence-electron chi connectivity index (χ1n) is 7.15. The van der Waals surface area contributed by atoms with E-state index in [-0.39, 0.29) is 0 Å². The van der Waals surface area contributed by atoms with Crippen molar-refractivity contribution in [1.82, 2.24) is 14.9 Å². The molecule has 0 aliphatic carbocycles. The van der Waals surface area contributed by atoms with Crippen molar-refractivity contribution in [2.24, 2.45) is 0 Å². The number of aromatic amines is 1. The van der Waals surface area contributed by atoms with Gasteiger partial charge in [0.25, 0.3) is 0 Å². The fraction of sp³-hybridized carbons (Fsp3) is 0.533. The molecule has 2 aromatic rings. The molecule has 20 heavy (non-hydrogen) atoms. The molecule has 0 spiro atoms. The standard InChI is InChI=1S/C15H21N3OS/c1-12-6-15(20-10-12)8-18-4-2-14(3-5-18)19-9-13-7-16-11-17-13/h6-7,10-11,14H,2-5,8-9H2,1H3,(H,16,17). The Balaban J connectivity index is 1.40. The summed E-state index contributed by atoms with van der Waals surface area (Å²) in [5.41, 5.74) is 2.43. The van der Waals surface area contributed by atoms with Gasteiger partial charge in [-0.15, -0.1) is 11.3 Å². The zero-order valence-electron chi connectivity index (χ0n) is 11.8. The average molecular weight is 291 g/mol. The largest absolute Gasteiger partial charge is 0.372 e. The number of piperidine rings is 1. The Morgan fingerprint density at radius 1 is 1.45 bits per heavy atom. The van der Waals surface area contributed by atoms with Gasteiger partial charge in [0.15, 0.2) is 0 Å². The molecule has 1 aliphatic heterocycles. The molecule has 1 N–H and O–H groups in total. The molecule has 0 unspecified atom stereocenters. The lowest BCUT2D eigenvalue weighted by molar-refractivity contribution is -0.00494. The number of ether oxygens (including phenoxy) is 1. The lowest BCUT2D eigenvalue weighted by atomic mass is 10.1. The molecule has 0 saturated carbocycles. The highest BCUT2D eigenvalue weighted by Crippen LogP contribution is 2.20. The molecule has 0 atom stereocenters. The van der Waals surface area contributed by atoms with Crippen molar-refractivity contribution in [1.29, 1.82) is 0 Å². The molecule has 0 bridgehead atoms. The average Bonchev–Trinajstić information content (AvgIpc) is 3.10. The van der Waals surface area contributed by atoms with E-state index in [1.807, 2.05) is 17.5 Å². The Hall–Kier alpha value is -1.17. The van der Waals surface area contributed by atoms with Gasteiger partial charge in [-0.05, 0) is 36.8 Å².